The number of carbonyl (C=O) groups excluding carboxylic acids is 2. The van der Waals surface area contributed by atoms with Crippen molar-refractivity contribution in [2.45, 2.75) is 132 Å². The van der Waals surface area contributed by atoms with E-state index in [4.69, 9.17) is 0 Å². The zero-order chi connectivity index (χ0) is 38.2. The summed E-state index contributed by atoms with van der Waals surface area (Å²) in [6.45, 7) is 21.2. The van der Waals surface area contributed by atoms with Crippen LogP contribution in [0.25, 0.3) is 0 Å². The van der Waals surface area contributed by atoms with Crippen molar-refractivity contribution in [2.24, 2.45) is 23.7 Å². The van der Waals surface area contributed by atoms with E-state index in [0.717, 1.165) is 73.4 Å². The highest BCUT2D eigenvalue weighted by atomic mass is 16.3. The Morgan fingerprint density at radius 2 is 1.16 bits per heavy atom. The molecule has 2 aromatic carbocycles. The van der Waals surface area contributed by atoms with E-state index in [-0.39, 0.29) is 56.6 Å². The van der Waals surface area contributed by atoms with Crippen LogP contribution in [0, 0.1) is 23.7 Å². The first-order valence-corrected chi connectivity index (χ1v) is 20.4. The summed E-state index contributed by atoms with van der Waals surface area (Å²) < 4.78 is 0. The van der Waals surface area contributed by atoms with E-state index in [9.17, 15) is 19.8 Å². The largest absolute Gasteiger partial charge is 0.508 e. The molecule has 2 aromatic rings. The highest BCUT2D eigenvalue weighted by Crippen LogP contribution is 2.27. The molecule has 2 amide bonds. The number of piperidine rings is 2. The van der Waals surface area contributed by atoms with Gasteiger partial charge in [-0.25, -0.2) is 0 Å². The predicted molar refractivity (Wildman–Crippen MR) is 226 cm³/mol. The number of rotatable bonds is 10. The molecule has 4 aliphatic heterocycles. The van der Waals surface area contributed by atoms with Gasteiger partial charge in [0.05, 0.1) is 12.1 Å². The molecule has 0 unspecified atom stereocenters. The van der Waals surface area contributed by atoms with Crippen molar-refractivity contribution in [3.63, 3.8) is 0 Å². The number of aromatic hydroxyl groups is 2. The molecule has 4 heterocycles. The first-order valence-electron chi connectivity index (χ1n) is 20.4. The van der Waals surface area contributed by atoms with Gasteiger partial charge >= 0.3 is 0 Å². The number of likely N-dealkylation sites (N-methyl/N-ethyl adjacent to an activating group) is 1. The fourth-order valence-corrected chi connectivity index (χ4v) is 8.14. The van der Waals surface area contributed by atoms with Crippen LogP contribution in [-0.4, -0.2) is 107 Å². The first kappa shape index (κ1) is 46.2. The van der Waals surface area contributed by atoms with E-state index < -0.39 is 0 Å². The maximum absolute atomic E-state index is 13.1. The summed E-state index contributed by atoms with van der Waals surface area (Å²) in [7, 11) is 1.99. The summed E-state index contributed by atoms with van der Waals surface area (Å²) in [6, 6.07) is 10.9. The Morgan fingerprint density at radius 1 is 0.709 bits per heavy atom. The smallest absolute Gasteiger partial charge is 0.237 e. The summed E-state index contributed by atoms with van der Waals surface area (Å²) in [6.07, 6.45) is 6.40. The van der Waals surface area contributed by atoms with Gasteiger partial charge in [-0.15, -0.1) is 0 Å². The maximum Gasteiger partial charge on any atom is 0.237 e. The lowest BCUT2D eigenvalue weighted by Gasteiger charge is -2.37. The molecule has 0 spiro atoms. The summed E-state index contributed by atoms with van der Waals surface area (Å²) in [5.74, 6) is 3.25. The Morgan fingerprint density at radius 3 is 1.65 bits per heavy atom. The second-order valence-electron chi connectivity index (χ2n) is 17.4. The summed E-state index contributed by atoms with van der Waals surface area (Å²) in [4.78, 5) is 33.0. The molecule has 10 heteroatoms. The summed E-state index contributed by atoms with van der Waals surface area (Å²) in [5, 5.41) is 29.3. The van der Waals surface area contributed by atoms with Crippen molar-refractivity contribution in [3.05, 3.63) is 58.7 Å². The van der Waals surface area contributed by atoms with Crippen molar-refractivity contribution in [2.75, 3.05) is 46.3 Å². The van der Waals surface area contributed by atoms with Gasteiger partial charge in [0.2, 0.25) is 11.8 Å². The Labute approximate surface area is 333 Å². The lowest BCUT2D eigenvalue weighted by atomic mass is 9.93. The molecule has 2 fully saturated rings. The molecule has 55 heavy (non-hydrogen) atoms. The zero-order valence-corrected chi connectivity index (χ0v) is 33.5. The molecule has 10 nitrogen and oxygen atoms in total. The lowest BCUT2D eigenvalue weighted by molar-refractivity contribution is -0.127. The van der Waals surface area contributed by atoms with Crippen molar-refractivity contribution in [1.29, 1.82) is 0 Å². The van der Waals surface area contributed by atoms with Crippen LogP contribution in [0.2, 0.25) is 0 Å². The molecule has 4 atom stereocenters. The summed E-state index contributed by atoms with van der Waals surface area (Å²) in [5.41, 5.74) is 4.51. The molecule has 0 aliphatic carbocycles. The summed E-state index contributed by atoms with van der Waals surface area (Å²) >= 11 is 0. The quantitative estimate of drug-likeness (QED) is 0.195. The Hall–Kier alpha value is -3.18. The zero-order valence-electron chi connectivity index (χ0n) is 33.5. The van der Waals surface area contributed by atoms with Crippen LogP contribution in [0.15, 0.2) is 36.4 Å². The average molecular weight is 765 g/mol. The minimum absolute atomic E-state index is 0. The van der Waals surface area contributed by atoms with Gasteiger partial charge in [-0.3, -0.25) is 14.5 Å². The molecule has 0 radical (unpaired) electrons. The molecule has 310 valence electrons. The van der Waals surface area contributed by atoms with Crippen molar-refractivity contribution in [1.82, 2.24) is 30.7 Å². The lowest BCUT2D eigenvalue weighted by Crippen LogP contribution is -2.55. The SMILES string of the molecule is C.C.CC1CCN(C[C@@H](NC(=O)[C@H]2Cc3ccc(O)cc3CN2)C(C)C)CC1.CC1CCN(C[C@@H](NC(=O)[C@H]2Cc3ccc(O)cc3CN2C)C(C)C)CC1. The molecular formula is C45H76N6O4. The minimum Gasteiger partial charge on any atom is -0.508 e. The van der Waals surface area contributed by atoms with Gasteiger partial charge in [0, 0.05) is 38.3 Å². The van der Waals surface area contributed by atoms with Crippen LogP contribution in [0.4, 0.5) is 0 Å². The van der Waals surface area contributed by atoms with Crippen LogP contribution in [-0.2, 0) is 35.5 Å². The van der Waals surface area contributed by atoms with Crippen molar-refractivity contribution in [3.8, 4) is 11.5 Å². The van der Waals surface area contributed by atoms with E-state index in [1.54, 1.807) is 18.2 Å². The fourth-order valence-electron chi connectivity index (χ4n) is 8.14. The second-order valence-corrected chi connectivity index (χ2v) is 17.4. The van der Waals surface area contributed by atoms with Crippen LogP contribution in [0.5, 0.6) is 11.5 Å². The molecule has 0 saturated carbocycles. The Balaban J connectivity index is 0.000000285. The van der Waals surface area contributed by atoms with Gasteiger partial charge in [0.1, 0.15) is 11.5 Å². The van der Waals surface area contributed by atoms with Crippen molar-refractivity contribution < 1.29 is 19.8 Å². The third-order valence-electron chi connectivity index (χ3n) is 12.3. The van der Waals surface area contributed by atoms with Gasteiger partial charge in [-0.1, -0.05) is 68.5 Å². The number of fused-ring (bicyclic) bond motifs is 2. The molecule has 2 saturated heterocycles. The maximum atomic E-state index is 13.1. The number of hydrogen-bond acceptors (Lipinski definition) is 8. The van der Waals surface area contributed by atoms with Crippen LogP contribution in [0.3, 0.4) is 0 Å². The van der Waals surface area contributed by atoms with Gasteiger partial charge in [0.25, 0.3) is 0 Å². The number of nitrogens with zero attached hydrogens (tertiary/aromatic N) is 3. The van der Waals surface area contributed by atoms with E-state index >= 15 is 0 Å². The van der Waals surface area contributed by atoms with Gasteiger partial charge in [-0.05, 0) is 142 Å². The topological polar surface area (TPSA) is 120 Å². The van der Waals surface area contributed by atoms with Crippen LogP contribution < -0.4 is 16.0 Å². The van der Waals surface area contributed by atoms with Crippen LogP contribution in [0.1, 0.15) is 104 Å². The monoisotopic (exact) mass is 765 g/mol. The van der Waals surface area contributed by atoms with Gasteiger partial charge in [0.15, 0.2) is 0 Å². The predicted octanol–water partition coefficient (Wildman–Crippen LogP) is 6.17. The second kappa shape index (κ2) is 21.4. The third-order valence-corrected chi connectivity index (χ3v) is 12.3. The number of phenols is 2. The number of amides is 2. The molecule has 0 aromatic heterocycles. The molecule has 6 rings (SSSR count). The minimum atomic E-state index is -0.199. The van der Waals surface area contributed by atoms with Crippen LogP contribution >= 0.6 is 0 Å². The number of hydrogen-bond donors (Lipinski definition) is 5. The standard InChI is InChI=1S/C22H35N3O2.C21H33N3O2.2CH4/c1-15(2)20(14-25-9-7-16(3)8-10-25)23-22(27)21-12-17-5-6-19(26)11-18(17)13-24(21)4;1-14(2)20(13-24-8-6-15(3)7-9-24)23-21(26)19-11-16-4-5-18(25)10-17(16)12-22-19;;/h5-6,11,15-16,20-21,26H,7-10,12-14H2,1-4H3,(H,23,27);4-5,10,14-15,19-20,22,25H,6-9,11-13H2,1-3H3,(H,23,26);2*1H4/t20-,21-;19-,20-;;/m11../s1. The fraction of sp³-hybridized carbons (Fsp3) is 0.689. The van der Waals surface area contributed by atoms with E-state index in [0.29, 0.717) is 43.5 Å². The average Bonchev–Trinajstić information content (AvgIpc) is 3.12. The van der Waals surface area contributed by atoms with Gasteiger partial charge < -0.3 is 36.0 Å². The van der Waals surface area contributed by atoms with E-state index in [1.165, 1.54) is 25.7 Å². The van der Waals surface area contributed by atoms with E-state index in [1.807, 2.05) is 25.2 Å². The number of benzene rings is 2. The highest BCUT2D eigenvalue weighted by molar-refractivity contribution is 5.83. The normalized spacial score (nSPS) is 22.2. The third kappa shape index (κ3) is 13.2. The number of likely N-dealkylation sites (tertiary alicyclic amines) is 2. The van der Waals surface area contributed by atoms with Crippen molar-refractivity contribution >= 4 is 11.8 Å². The Bertz CT molecular complexity index is 1500. The first-order chi connectivity index (χ1) is 25.2. The van der Waals surface area contributed by atoms with E-state index in [2.05, 4.69) is 72.2 Å². The molecule has 0 bridgehead atoms. The number of nitrogens with one attached hydrogen (secondary N) is 3. The molecule has 4 aliphatic rings. The molecular weight excluding hydrogens is 689 g/mol. The molecule has 5 N–H and O–H groups in total. The number of phenolic OH excluding ortho intramolecular Hbond substituents is 2. The van der Waals surface area contributed by atoms with Gasteiger partial charge in [-0.2, -0.15) is 0 Å². The number of carbonyl (C=O) groups is 2. The Kier molecular flexibility index (Phi) is 18.0. The highest BCUT2D eigenvalue weighted by Gasteiger charge is 2.32.